The Kier molecular flexibility index (Phi) is 4.92. The van der Waals surface area contributed by atoms with Crippen molar-refractivity contribution in [1.82, 2.24) is 24.5 Å². The fraction of sp³-hybridized carbons (Fsp3) is 0.333. The molecule has 0 bridgehead atoms. The first-order chi connectivity index (χ1) is 16.1. The second kappa shape index (κ2) is 7.97. The number of fused-ring (bicyclic) bond motifs is 4. The van der Waals surface area contributed by atoms with Crippen LogP contribution in [0.4, 0.5) is 0 Å². The van der Waals surface area contributed by atoms with Crippen LogP contribution in [-0.2, 0) is 17.7 Å². The quantitative estimate of drug-likeness (QED) is 0.492. The molecule has 9 heteroatoms. The maximum atomic E-state index is 13.3. The van der Waals surface area contributed by atoms with E-state index in [0.717, 1.165) is 46.8 Å². The fourth-order valence-electron chi connectivity index (χ4n) is 4.96. The Hall–Kier alpha value is -3.23. The van der Waals surface area contributed by atoms with Crippen molar-refractivity contribution >= 4 is 34.2 Å². The number of aromatic amines is 1. The monoisotopic (exact) mass is 463 g/mol. The Labute approximate surface area is 194 Å². The zero-order chi connectivity index (χ0) is 22.5. The zero-order valence-corrected chi connectivity index (χ0v) is 18.6. The summed E-state index contributed by atoms with van der Waals surface area (Å²) in [5.41, 5.74) is 4.04. The number of H-pyrrole nitrogens is 1. The van der Waals surface area contributed by atoms with E-state index >= 15 is 0 Å². The molecule has 4 aromatic rings. The highest BCUT2D eigenvalue weighted by atomic mass is 35.5. The lowest BCUT2D eigenvalue weighted by Crippen LogP contribution is -2.36. The van der Waals surface area contributed by atoms with Crippen LogP contribution >= 0.6 is 11.6 Å². The minimum absolute atomic E-state index is 0.0723. The molecule has 33 heavy (non-hydrogen) atoms. The van der Waals surface area contributed by atoms with Gasteiger partial charge in [0.15, 0.2) is 0 Å². The van der Waals surface area contributed by atoms with Crippen LogP contribution < -0.4 is 5.56 Å². The normalized spacial score (nSPS) is 16.9. The van der Waals surface area contributed by atoms with Gasteiger partial charge >= 0.3 is 0 Å². The third-order valence-corrected chi connectivity index (χ3v) is 7.06. The lowest BCUT2D eigenvalue weighted by Gasteiger charge is -2.29. The highest BCUT2D eigenvalue weighted by molar-refractivity contribution is 6.31. The fourth-order valence-corrected chi connectivity index (χ4v) is 5.25. The molecular formula is C24H22ClN5O3. The Bertz CT molecular complexity index is 1450. The molecule has 2 aromatic carbocycles. The summed E-state index contributed by atoms with van der Waals surface area (Å²) in [6.45, 7) is 2.46. The van der Waals surface area contributed by atoms with E-state index in [1.54, 1.807) is 6.07 Å². The molecule has 0 spiro atoms. The topological polar surface area (TPSA) is 92.6 Å². The highest BCUT2D eigenvalue weighted by Crippen LogP contribution is 2.29. The molecular weight excluding hydrogens is 442 g/mol. The number of benzene rings is 2. The second-order valence-corrected chi connectivity index (χ2v) is 9.05. The van der Waals surface area contributed by atoms with Crippen molar-refractivity contribution in [2.75, 3.05) is 19.8 Å². The van der Waals surface area contributed by atoms with Crippen LogP contribution in [-0.4, -0.2) is 50.1 Å². The standard InChI is InChI=1S/C24H22ClN5O3/c25-18-3-1-2-16-13-29(9-6-17(16)18)24(32)15-4-5-20-19(12-15)26-23(31)22-28-27-21(30(20)22)14-7-10-33-11-8-14/h1-5,12,14H,6-11,13H2,(H,26,31). The number of hydrogen-bond acceptors (Lipinski definition) is 5. The summed E-state index contributed by atoms with van der Waals surface area (Å²) in [6, 6.07) is 11.2. The van der Waals surface area contributed by atoms with E-state index in [2.05, 4.69) is 15.2 Å². The number of carbonyl (C=O) groups is 1. The van der Waals surface area contributed by atoms with Gasteiger partial charge in [0, 0.05) is 42.8 Å². The zero-order valence-electron chi connectivity index (χ0n) is 17.9. The van der Waals surface area contributed by atoms with Gasteiger partial charge in [-0.25, -0.2) is 0 Å². The summed E-state index contributed by atoms with van der Waals surface area (Å²) in [7, 11) is 0. The summed E-state index contributed by atoms with van der Waals surface area (Å²) in [4.78, 5) is 30.7. The van der Waals surface area contributed by atoms with Crippen LogP contribution in [0.15, 0.2) is 41.2 Å². The smallest absolute Gasteiger partial charge is 0.294 e. The van der Waals surface area contributed by atoms with E-state index in [1.165, 1.54) is 0 Å². The molecule has 1 saturated heterocycles. The number of ether oxygens (including phenoxy) is 1. The maximum Gasteiger partial charge on any atom is 0.294 e. The molecule has 0 unspecified atom stereocenters. The molecule has 6 rings (SSSR count). The number of nitrogens with zero attached hydrogens (tertiary/aromatic N) is 4. The van der Waals surface area contributed by atoms with Gasteiger partial charge in [-0.2, -0.15) is 0 Å². The molecule has 4 heterocycles. The molecule has 2 aromatic heterocycles. The van der Waals surface area contributed by atoms with Crippen molar-refractivity contribution in [2.24, 2.45) is 0 Å². The molecule has 1 fully saturated rings. The second-order valence-electron chi connectivity index (χ2n) is 8.64. The van der Waals surface area contributed by atoms with Crippen LogP contribution in [0.5, 0.6) is 0 Å². The number of halogens is 1. The summed E-state index contributed by atoms with van der Waals surface area (Å²) in [5, 5.41) is 9.24. The Morgan fingerprint density at radius 2 is 2.00 bits per heavy atom. The molecule has 168 valence electrons. The van der Waals surface area contributed by atoms with Crippen molar-refractivity contribution in [3.63, 3.8) is 0 Å². The molecule has 0 atom stereocenters. The van der Waals surface area contributed by atoms with Crippen LogP contribution in [0.2, 0.25) is 5.02 Å². The van der Waals surface area contributed by atoms with E-state index < -0.39 is 0 Å². The van der Waals surface area contributed by atoms with E-state index in [4.69, 9.17) is 16.3 Å². The molecule has 1 amide bonds. The van der Waals surface area contributed by atoms with E-state index in [9.17, 15) is 9.59 Å². The third kappa shape index (κ3) is 3.41. The number of amides is 1. The Morgan fingerprint density at radius 3 is 2.85 bits per heavy atom. The molecule has 2 aliphatic rings. The minimum atomic E-state index is -0.320. The lowest BCUT2D eigenvalue weighted by atomic mass is 9.99. The van der Waals surface area contributed by atoms with Crippen LogP contribution in [0.3, 0.4) is 0 Å². The average Bonchev–Trinajstić information content (AvgIpc) is 3.30. The van der Waals surface area contributed by atoms with Gasteiger partial charge in [0.2, 0.25) is 5.65 Å². The van der Waals surface area contributed by atoms with E-state index in [1.807, 2.05) is 39.6 Å². The Balaban J connectivity index is 1.38. The van der Waals surface area contributed by atoms with Crippen molar-refractivity contribution < 1.29 is 9.53 Å². The molecule has 2 aliphatic heterocycles. The maximum absolute atomic E-state index is 13.3. The van der Waals surface area contributed by atoms with E-state index in [0.29, 0.717) is 37.4 Å². The summed E-state index contributed by atoms with van der Waals surface area (Å²) >= 11 is 6.32. The average molecular weight is 464 g/mol. The van der Waals surface area contributed by atoms with Gasteiger partial charge in [-0.15, -0.1) is 10.2 Å². The van der Waals surface area contributed by atoms with Gasteiger partial charge in [0.1, 0.15) is 5.82 Å². The number of aromatic nitrogens is 4. The minimum Gasteiger partial charge on any atom is -0.381 e. The number of hydrogen-bond donors (Lipinski definition) is 1. The first kappa shape index (κ1) is 20.4. The van der Waals surface area contributed by atoms with E-state index in [-0.39, 0.29) is 23.0 Å². The largest absolute Gasteiger partial charge is 0.381 e. The molecule has 0 saturated carbocycles. The van der Waals surface area contributed by atoms with Crippen molar-refractivity contribution in [1.29, 1.82) is 0 Å². The predicted molar refractivity (Wildman–Crippen MR) is 124 cm³/mol. The molecule has 0 aliphatic carbocycles. The summed E-state index contributed by atoms with van der Waals surface area (Å²) in [6.07, 6.45) is 2.40. The number of nitrogens with one attached hydrogen (secondary N) is 1. The lowest BCUT2D eigenvalue weighted by molar-refractivity contribution is 0.0735. The van der Waals surface area contributed by atoms with Gasteiger partial charge in [-0.05, 0) is 54.7 Å². The van der Waals surface area contributed by atoms with Crippen LogP contribution in [0.1, 0.15) is 46.1 Å². The predicted octanol–water partition coefficient (Wildman–Crippen LogP) is 3.32. The summed E-state index contributed by atoms with van der Waals surface area (Å²) in [5.74, 6) is 0.880. The van der Waals surface area contributed by atoms with Gasteiger partial charge < -0.3 is 14.6 Å². The Morgan fingerprint density at radius 1 is 1.15 bits per heavy atom. The van der Waals surface area contributed by atoms with Gasteiger partial charge in [0.25, 0.3) is 11.5 Å². The van der Waals surface area contributed by atoms with Crippen LogP contribution in [0, 0.1) is 0 Å². The van der Waals surface area contributed by atoms with Gasteiger partial charge in [-0.3, -0.25) is 14.0 Å². The molecule has 8 nitrogen and oxygen atoms in total. The van der Waals surface area contributed by atoms with Crippen molar-refractivity contribution in [3.05, 3.63) is 74.3 Å². The molecule has 0 radical (unpaired) electrons. The summed E-state index contributed by atoms with van der Waals surface area (Å²) < 4.78 is 7.31. The van der Waals surface area contributed by atoms with Gasteiger partial charge in [0.05, 0.1) is 11.0 Å². The molecule has 1 N–H and O–H groups in total. The van der Waals surface area contributed by atoms with Crippen molar-refractivity contribution in [2.45, 2.75) is 31.7 Å². The van der Waals surface area contributed by atoms with Gasteiger partial charge in [-0.1, -0.05) is 23.7 Å². The first-order valence-electron chi connectivity index (χ1n) is 11.1. The first-order valence-corrected chi connectivity index (χ1v) is 11.5. The number of carbonyl (C=O) groups excluding carboxylic acids is 1. The third-order valence-electron chi connectivity index (χ3n) is 6.71. The van der Waals surface area contributed by atoms with Crippen molar-refractivity contribution in [3.8, 4) is 0 Å². The number of rotatable bonds is 2. The van der Waals surface area contributed by atoms with Crippen LogP contribution in [0.25, 0.3) is 16.7 Å². The highest BCUT2D eigenvalue weighted by Gasteiger charge is 2.25. The SMILES string of the molecule is O=C(c1ccc2c(c1)[nH]c(=O)c1nnc(C3CCOCC3)n12)N1CCc2c(Cl)cccc2C1.